The maximum absolute atomic E-state index is 15.9. The fourth-order valence-corrected chi connectivity index (χ4v) is 15.9. The summed E-state index contributed by atoms with van der Waals surface area (Å²) >= 11 is 0. The Morgan fingerprint density at radius 1 is 0.664 bits per heavy atom. The first-order valence-electron chi connectivity index (χ1n) is 37.3. The van der Waals surface area contributed by atoms with Gasteiger partial charge >= 0.3 is 5.97 Å². The molecule has 2 aliphatic heterocycles. The van der Waals surface area contributed by atoms with Gasteiger partial charge in [0, 0.05) is 67.2 Å². The molecule has 1 unspecified atom stereocenters. The van der Waals surface area contributed by atoms with Crippen LogP contribution in [0.3, 0.4) is 0 Å². The first-order valence-corrected chi connectivity index (χ1v) is 39.7. The van der Waals surface area contributed by atoms with Crippen LogP contribution in [0, 0.1) is 27.1 Å². The fourth-order valence-electron chi connectivity index (χ4n) is 13.0. The van der Waals surface area contributed by atoms with E-state index >= 15 is 24.0 Å². The smallest absolute Gasteiger partial charge is 0.326 e. The van der Waals surface area contributed by atoms with Crippen molar-refractivity contribution in [2.24, 2.45) is 28.3 Å². The molecule has 0 aliphatic carbocycles. The molecular formula is C73H112N24O14S2. The molecule has 6 rings (SSSR count). The Morgan fingerprint density at radius 2 is 1.20 bits per heavy atom. The molecule has 3 aromatic carbocycles. The van der Waals surface area contributed by atoms with E-state index in [1.807, 2.05) is 54.6 Å². The van der Waals surface area contributed by atoms with Crippen LogP contribution in [0.5, 0.6) is 0 Å². The van der Waals surface area contributed by atoms with Crippen LogP contribution >= 0.6 is 21.6 Å². The van der Waals surface area contributed by atoms with Gasteiger partial charge in [-0.1, -0.05) is 103 Å². The number of carbonyl (C=O) groups is 11. The quantitative estimate of drug-likeness (QED) is 0.0116. The maximum atomic E-state index is 15.9. The highest BCUT2D eigenvalue weighted by Gasteiger charge is 2.46. The monoisotopic (exact) mass is 1610 g/mol. The van der Waals surface area contributed by atoms with E-state index in [4.69, 9.17) is 44.6 Å². The highest BCUT2D eigenvalue weighted by Crippen LogP contribution is 2.39. The number of amides is 10. The van der Waals surface area contributed by atoms with Crippen molar-refractivity contribution in [1.82, 2.24) is 84.3 Å². The topological polar surface area (TPSA) is 635 Å². The van der Waals surface area contributed by atoms with Crippen LogP contribution in [-0.2, 0) is 65.6 Å². The summed E-state index contributed by atoms with van der Waals surface area (Å²) in [6, 6.07) is 3.49. The number of para-hydroxylation sites is 1. The van der Waals surface area contributed by atoms with Crippen LogP contribution in [0.25, 0.3) is 21.7 Å². The van der Waals surface area contributed by atoms with Crippen molar-refractivity contribution in [3.05, 3.63) is 84.1 Å². The second-order valence-electron chi connectivity index (χ2n) is 29.6. The number of aromatic amines is 1. The summed E-state index contributed by atoms with van der Waals surface area (Å²) in [5, 5.41) is 106. The molecule has 2 fully saturated rings. The first-order chi connectivity index (χ1) is 53.3. The molecule has 40 heteroatoms. The zero-order valence-electron chi connectivity index (χ0n) is 64.6. The molecule has 13 atom stereocenters. The third kappa shape index (κ3) is 28.8. The molecule has 10 amide bonds. The molecule has 30 N–H and O–H groups in total. The Balaban J connectivity index is 1.51. The number of aliphatic carboxylic acids is 1. The predicted molar refractivity (Wildman–Crippen MR) is 430 cm³/mol. The van der Waals surface area contributed by atoms with E-state index in [0.717, 1.165) is 39.3 Å². The molecule has 4 aromatic rings. The summed E-state index contributed by atoms with van der Waals surface area (Å²) in [5.41, 5.74) is 23.2. The number of aliphatic hydroxyl groups excluding tert-OH is 2. The normalized spacial score (nSPS) is 22.2. The van der Waals surface area contributed by atoms with Crippen molar-refractivity contribution in [2.75, 3.05) is 38.5 Å². The Morgan fingerprint density at radius 3 is 1.75 bits per heavy atom. The average molecular weight is 1610 g/mol. The molecule has 1 aromatic heterocycles. The molecule has 38 nitrogen and oxygen atoms in total. The van der Waals surface area contributed by atoms with E-state index in [1.165, 1.54) is 25.7 Å². The van der Waals surface area contributed by atoms with Gasteiger partial charge in [-0.25, -0.2) is 4.79 Å². The summed E-state index contributed by atoms with van der Waals surface area (Å²) in [6.45, 7) is 10.2. The number of hydrogen-bond acceptors (Lipinski definition) is 20. The number of rotatable bonds is 29. The summed E-state index contributed by atoms with van der Waals surface area (Å²) in [4.78, 5) is 166. The number of aromatic nitrogens is 1. The zero-order valence-corrected chi connectivity index (χ0v) is 66.2. The van der Waals surface area contributed by atoms with E-state index in [9.17, 15) is 44.1 Å². The number of nitrogens with two attached hydrogens (primary N) is 4. The van der Waals surface area contributed by atoms with Crippen molar-refractivity contribution >= 4 is 132 Å². The Hall–Kier alpha value is -10.7. The number of nitrogens with one attached hydrogen (secondary N) is 19. The molecule has 0 bridgehead atoms. The standard InChI is InChI=1S/C73H112N24O14S2/c1-38(98)54(64(107)91-49(24-15-31-85-71(80)81)60(103)96-56(67(110)111)72(3,4)5)94-65(108)55-73(6,7)113-112-37-52(87-39(2)99)62(105)90-47(22-13-29-83-69(76)77)58(101)88-46(21-12-28-82-68(74)75)57(100)89-48(23-14-30-84-70(78)79)59(102)92-50(34-40-26-27-41-17-8-9-18-42(41)33-40)61(104)93-51(35-43-36-86-45-20-11-10-19-44(43)45)66(109)97-32-16-25-53(97)63(106)95-55/h8-11,17-20,26-27,33,36,38,46-56,61,86,93,98,104H,12-16,21-25,28-32,34-35,37H2,1-7H3,(H,87,99)(H,88,101)(H,89,100)(H,90,105)(H,91,107)(H,92,102)(H,94,108)(H,95,106)(H,96,103)(H,110,111)(H4,74,75,82)(H4,76,77,83)(H4,78,79,84)(H4,80,81,85)/t38-,46+,47-,48+,49+,50+,51+,52+,53+,54+,55-,56-,61?/m1/s1. The Bertz CT molecular complexity index is 4050. The van der Waals surface area contributed by atoms with Crippen LogP contribution in [0.4, 0.5) is 0 Å². The number of guanidine groups is 4. The van der Waals surface area contributed by atoms with E-state index in [1.54, 1.807) is 39.1 Å². The van der Waals surface area contributed by atoms with Gasteiger partial charge in [-0.3, -0.25) is 74.9 Å². The van der Waals surface area contributed by atoms with E-state index in [2.05, 4.69) is 79.4 Å². The number of H-pyrrole nitrogens is 1. The summed E-state index contributed by atoms with van der Waals surface area (Å²) < 4.78 is -1.58. The summed E-state index contributed by atoms with van der Waals surface area (Å²) in [5.74, 6) is -12.4. The lowest BCUT2D eigenvalue weighted by Crippen LogP contribution is -2.65. The maximum Gasteiger partial charge on any atom is 0.326 e. The number of carbonyl (C=O) groups excluding carboxylic acids is 10. The van der Waals surface area contributed by atoms with E-state index in [-0.39, 0.29) is 121 Å². The number of nitrogens with zero attached hydrogens (tertiary/aromatic N) is 1. The van der Waals surface area contributed by atoms with Gasteiger partial charge in [0.1, 0.15) is 60.6 Å². The SMILES string of the molecule is CC(=O)N[C@H]1CSSC(C)(C)[C@@H](C(=O)N[C@H](C(=O)N[C@@H](CCCNC(=N)N)C(=O)N[C@H](C(=O)O)C(C)(C)C)[C@@H](C)O)NC(=O)[C@@H]2CCCN2C(=O)[C@H](Cc2c[nH]c3ccccc23)NC(O)[C@H](Cc2ccc3ccccc3c2)NC(=O)[C@H](CCCNC(=N)N)NC(=O)[C@H](CCCNC(=N)N)NC(=O)[C@@H](CCCNC(=N)N)NC1=O. The molecule has 3 heterocycles. The predicted octanol–water partition coefficient (Wildman–Crippen LogP) is -2.50. The van der Waals surface area contributed by atoms with Gasteiger partial charge < -0.3 is 117 Å². The minimum absolute atomic E-state index is 0.0181. The van der Waals surface area contributed by atoms with Crippen LogP contribution in [0.1, 0.15) is 124 Å². The number of hydrogen-bond donors (Lipinski definition) is 26. The fraction of sp³-hybridized carbons (Fsp3) is 0.548. The first kappa shape index (κ1) is 91.2. The average Bonchev–Trinajstić information content (AvgIpc) is 1.73. The minimum atomic E-state index is -1.92. The van der Waals surface area contributed by atoms with Crippen molar-refractivity contribution < 1.29 is 68.1 Å². The third-order valence-corrected chi connectivity index (χ3v) is 22.3. The molecule has 2 saturated heterocycles. The number of benzene rings is 3. The molecular weight excluding hydrogens is 1500 g/mol. The van der Waals surface area contributed by atoms with Gasteiger partial charge in [0.2, 0.25) is 59.1 Å². The summed E-state index contributed by atoms with van der Waals surface area (Å²) in [7, 11) is 1.84. The van der Waals surface area contributed by atoms with E-state index < -0.39 is 172 Å². The second kappa shape index (κ2) is 43.4. The Kier molecular flexibility index (Phi) is 35.0. The number of carboxylic acid groups (broad SMARTS) is 1. The molecule has 2 aliphatic rings. The molecule has 0 spiro atoms. The van der Waals surface area contributed by atoms with Crippen molar-refractivity contribution in [3.63, 3.8) is 0 Å². The van der Waals surface area contributed by atoms with Gasteiger partial charge in [-0.15, -0.1) is 0 Å². The zero-order chi connectivity index (χ0) is 83.4. The van der Waals surface area contributed by atoms with Crippen LogP contribution in [-0.4, -0.2) is 236 Å². The molecule has 113 heavy (non-hydrogen) atoms. The molecule has 0 saturated carbocycles. The highest BCUT2D eigenvalue weighted by atomic mass is 33.1. The highest BCUT2D eigenvalue weighted by molar-refractivity contribution is 8.77. The van der Waals surface area contributed by atoms with Crippen LogP contribution in [0.2, 0.25) is 0 Å². The third-order valence-electron chi connectivity index (χ3n) is 19.0. The van der Waals surface area contributed by atoms with Crippen LogP contribution < -0.4 is 97.4 Å². The lowest BCUT2D eigenvalue weighted by molar-refractivity contribution is -0.145. The summed E-state index contributed by atoms with van der Waals surface area (Å²) in [6.07, 6.45) is -2.23. The van der Waals surface area contributed by atoms with Gasteiger partial charge in [0.15, 0.2) is 23.8 Å². The van der Waals surface area contributed by atoms with Gasteiger partial charge in [0.25, 0.3) is 0 Å². The molecule has 620 valence electrons. The van der Waals surface area contributed by atoms with Gasteiger partial charge in [-0.05, 0) is 131 Å². The lowest BCUT2D eigenvalue weighted by atomic mass is 9.86. The van der Waals surface area contributed by atoms with E-state index in [0.29, 0.717) is 22.0 Å². The molecule has 0 radical (unpaired) electrons. The second-order valence-corrected chi connectivity index (χ2v) is 32.6. The minimum Gasteiger partial charge on any atom is -0.480 e. The van der Waals surface area contributed by atoms with Gasteiger partial charge in [0.05, 0.1) is 18.2 Å². The lowest BCUT2D eigenvalue weighted by Gasteiger charge is -2.37. The number of aliphatic hydroxyl groups is 2. The number of carboxylic acids is 1. The number of fused-ring (bicyclic) bond motifs is 3. The van der Waals surface area contributed by atoms with Crippen molar-refractivity contribution in [2.45, 2.75) is 209 Å². The van der Waals surface area contributed by atoms with Crippen molar-refractivity contribution in [1.29, 1.82) is 21.6 Å². The largest absolute Gasteiger partial charge is 0.480 e. The van der Waals surface area contributed by atoms with Crippen molar-refractivity contribution in [3.8, 4) is 0 Å². The Labute approximate surface area is 662 Å². The van der Waals surface area contributed by atoms with Gasteiger partial charge in [-0.2, -0.15) is 0 Å². The van der Waals surface area contributed by atoms with Crippen LogP contribution in [0.15, 0.2) is 72.9 Å².